The zero-order valence-corrected chi connectivity index (χ0v) is 17.2. The number of amides is 1. The molecule has 0 radical (unpaired) electrons. The lowest BCUT2D eigenvalue weighted by Gasteiger charge is -2.36. The van der Waals surface area contributed by atoms with E-state index in [1.165, 1.54) is 22.3 Å². The third-order valence-electron chi connectivity index (χ3n) is 5.34. The van der Waals surface area contributed by atoms with E-state index in [-0.39, 0.29) is 5.91 Å². The Morgan fingerprint density at radius 3 is 2.77 bits per heavy atom. The van der Waals surface area contributed by atoms with Crippen LogP contribution in [0.3, 0.4) is 0 Å². The standard InChI is InChI=1S/C22H27N7O/c1-18-4-2-5-20(14-18)28-12-10-27(11-13-28)9-3-7-25-22(30)19-6-8-24-21(15-19)29-17-23-16-26-29/h2,4-6,8,14-17H,3,7,9-13H2,1H3,(H,25,30). The third-order valence-corrected chi connectivity index (χ3v) is 5.34. The second kappa shape index (κ2) is 9.49. The summed E-state index contributed by atoms with van der Waals surface area (Å²) in [6.45, 7) is 7.95. The van der Waals surface area contributed by atoms with Crippen LogP contribution in [0, 0.1) is 6.92 Å². The molecule has 1 fully saturated rings. The van der Waals surface area contributed by atoms with Gasteiger partial charge >= 0.3 is 0 Å². The van der Waals surface area contributed by atoms with Crippen LogP contribution in [0.15, 0.2) is 55.2 Å². The molecular weight excluding hydrogens is 378 g/mol. The van der Waals surface area contributed by atoms with Gasteiger partial charge in [-0.1, -0.05) is 12.1 Å². The van der Waals surface area contributed by atoms with Crippen LogP contribution in [0.1, 0.15) is 22.3 Å². The molecular formula is C22H27N7O. The number of nitrogens with one attached hydrogen (secondary N) is 1. The number of anilines is 1. The van der Waals surface area contributed by atoms with Gasteiger partial charge in [-0.2, -0.15) is 5.10 Å². The van der Waals surface area contributed by atoms with Crippen LogP contribution < -0.4 is 10.2 Å². The summed E-state index contributed by atoms with van der Waals surface area (Å²) < 4.78 is 1.53. The van der Waals surface area contributed by atoms with Crippen molar-refractivity contribution in [2.24, 2.45) is 0 Å². The van der Waals surface area contributed by atoms with Crippen molar-refractivity contribution in [2.45, 2.75) is 13.3 Å². The molecule has 0 saturated carbocycles. The van der Waals surface area contributed by atoms with Crippen molar-refractivity contribution in [1.82, 2.24) is 30.0 Å². The predicted molar refractivity (Wildman–Crippen MR) is 116 cm³/mol. The second-order valence-corrected chi connectivity index (χ2v) is 7.52. The van der Waals surface area contributed by atoms with Crippen LogP contribution >= 0.6 is 0 Å². The molecule has 1 aliphatic heterocycles. The predicted octanol–water partition coefficient (Wildman–Crippen LogP) is 1.91. The van der Waals surface area contributed by atoms with Crippen molar-refractivity contribution in [3.8, 4) is 5.82 Å². The third kappa shape index (κ3) is 5.01. The number of hydrogen-bond acceptors (Lipinski definition) is 6. The van der Waals surface area contributed by atoms with Crippen LogP contribution in [0.4, 0.5) is 5.69 Å². The molecule has 0 bridgehead atoms. The minimum atomic E-state index is -0.0944. The molecule has 8 nitrogen and oxygen atoms in total. The van der Waals surface area contributed by atoms with E-state index in [2.05, 4.69) is 61.4 Å². The number of pyridine rings is 1. The molecule has 3 aromatic rings. The van der Waals surface area contributed by atoms with E-state index in [1.54, 1.807) is 24.7 Å². The monoisotopic (exact) mass is 405 g/mol. The molecule has 2 aromatic heterocycles. The molecule has 0 atom stereocenters. The number of aryl methyl sites for hydroxylation is 1. The molecule has 156 valence electrons. The molecule has 0 spiro atoms. The molecule has 1 amide bonds. The van der Waals surface area contributed by atoms with Crippen LogP contribution in [-0.2, 0) is 0 Å². The minimum absolute atomic E-state index is 0.0944. The summed E-state index contributed by atoms with van der Waals surface area (Å²) in [5.41, 5.74) is 3.18. The molecule has 0 aliphatic carbocycles. The summed E-state index contributed by atoms with van der Waals surface area (Å²) in [7, 11) is 0. The summed E-state index contributed by atoms with van der Waals surface area (Å²) in [6, 6.07) is 12.1. The summed E-state index contributed by atoms with van der Waals surface area (Å²) in [4.78, 5) is 25.5. The first-order chi connectivity index (χ1) is 14.7. The van der Waals surface area contributed by atoms with Gasteiger partial charge in [-0.15, -0.1) is 0 Å². The molecule has 1 saturated heterocycles. The van der Waals surface area contributed by atoms with Crippen molar-refractivity contribution >= 4 is 11.6 Å². The first kappa shape index (κ1) is 20.0. The average molecular weight is 406 g/mol. The van der Waals surface area contributed by atoms with Gasteiger partial charge in [0.1, 0.15) is 12.7 Å². The van der Waals surface area contributed by atoms with E-state index in [1.807, 2.05) is 0 Å². The van der Waals surface area contributed by atoms with E-state index in [0.717, 1.165) is 39.1 Å². The molecule has 4 rings (SSSR count). The van der Waals surface area contributed by atoms with E-state index >= 15 is 0 Å². The van der Waals surface area contributed by atoms with Gasteiger partial charge in [0.05, 0.1) is 0 Å². The lowest BCUT2D eigenvalue weighted by atomic mass is 10.2. The highest BCUT2D eigenvalue weighted by atomic mass is 16.1. The maximum absolute atomic E-state index is 12.4. The highest BCUT2D eigenvalue weighted by molar-refractivity contribution is 5.94. The maximum Gasteiger partial charge on any atom is 0.251 e. The number of carbonyl (C=O) groups is 1. The maximum atomic E-state index is 12.4. The van der Waals surface area contributed by atoms with Crippen LogP contribution in [-0.4, -0.2) is 69.8 Å². The average Bonchev–Trinajstić information content (AvgIpc) is 3.32. The van der Waals surface area contributed by atoms with Crippen LogP contribution in [0.25, 0.3) is 5.82 Å². The normalized spacial score (nSPS) is 14.6. The highest BCUT2D eigenvalue weighted by Crippen LogP contribution is 2.17. The zero-order valence-electron chi connectivity index (χ0n) is 17.2. The molecule has 8 heteroatoms. The van der Waals surface area contributed by atoms with Crippen molar-refractivity contribution in [2.75, 3.05) is 44.2 Å². The number of benzene rings is 1. The fraction of sp³-hybridized carbons (Fsp3) is 0.364. The smallest absolute Gasteiger partial charge is 0.251 e. The minimum Gasteiger partial charge on any atom is -0.369 e. The number of nitrogens with zero attached hydrogens (tertiary/aromatic N) is 6. The topological polar surface area (TPSA) is 79.2 Å². The number of hydrogen-bond donors (Lipinski definition) is 1. The summed E-state index contributed by atoms with van der Waals surface area (Å²) in [6.07, 6.45) is 5.54. The van der Waals surface area contributed by atoms with Crippen molar-refractivity contribution < 1.29 is 4.79 Å². The fourth-order valence-electron chi connectivity index (χ4n) is 3.67. The van der Waals surface area contributed by atoms with Crippen LogP contribution in [0.5, 0.6) is 0 Å². The molecule has 0 unspecified atom stereocenters. The lowest BCUT2D eigenvalue weighted by molar-refractivity contribution is 0.0951. The van der Waals surface area contributed by atoms with Gasteiger partial charge in [-0.05, 0) is 49.7 Å². The Bertz CT molecular complexity index is 965. The first-order valence-corrected chi connectivity index (χ1v) is 10.3. The molecule has 1 aromatic carbocycles. The van der Waals surface area contributed by atoms with Gasteiger partial charge in [-0.25, -0.2) is 14.6 Å². The van der Waals surface area contributed by atoms with Crippen molar-refractivity contribution in [3.05, 3.63) is 66.4 Å². The Labute approximate surface area is 176 Å². The van der Waals surface area contributed by atoms with E-state index in [4.69, 9.17) is 0 Å². The Kier molecular flexibility index (Phi) is 6.34. The lowest BCUT2D eigenvalue weighted by Crippen LogP contribution is -2.47. The fourth-order valence-corrected chi connectivity index (χ4v) is 3.67. The van der Waals surface area contributed by atoms with Gasteiger partial charge in [-0.3, -0.25) is 9.69 Å². The number of carbonyl (C=O) groups excluding carboxylic acids is 1. The summed E-state index contributed by atoms with van der Waals surface area (Å²) in [5, 5.41) is 7.05. The van der Waals surface area contributed by atoms with Gasteiger partial charge in [0.25, 0.3) is 5.91 Å². The van der Waals surface area contributed by atoms with E-state index in [0.29, 0.717) is 17.9 Å². The second-order valence-electron chi connectivity index (χ2n) is 7.52. The Morgan fingerprint density at radius 2 is 2.00 bits per heavy atom. The molecule has 30 heavy (non-hydrogen) atoms. The van der Waals surface area contributed by atoms with Crippen molar-refractivity contribution in [1.29, 1.82) is 0 Å². The van der Waals surface area contributed by atoms with E-state index < -0.39 is 0 Å². The highest BCUT2D eigenvalue weighted by Gasteiger charge is 2.17. The van der Waals surface area contributed by atoms with Crippen LogP contribution in [0.2, 0.25) is 0 Å². The van der Waals surface area contributed by atoms with Gasteiger partial charge in [0, 0.05) is 50.2 Å². The van der Waals surface area contributed by atoms with E-state index in [9.17, 15) is 4.79 Å². The Balaban J connectivity index is 1.19. The van der Waals surface area contributed by atoms with Crippen molar-refractivity contribution in [3.63, 3.8) is 0 Å². The quantitative estimate of drug-likeness (QED) is 0.605. The first-order valence-electron chi connectivity index (χ1n) is 10.3. The Morgan fingerprint density at radius 1 is 1.13 bits per heavy atom. The number of aromatic nitrogens is 4. The Hall–Kier alpha value is -3.26. The summed E-state index contributed by atoms with van der Waals surface area (Å²) >= 11 is 0. The summed E-state index contributed by atoms with van der Waals surface area (Å²) in [5.74, 6) is 0.481. The zero-order chi connectivity index (χ0) is 20.8. The largest absolute Gasteiger partial charge is 0.369 e. The SMILES string of the molecule is Cc1cccc(N2CCN(CCCNC(=O)c3ccnc(-n4cncn4)c3)CC2)c1. The van der Waals surface area contributed by atoms with Gasteiger partial charge in [0.2, 0.25) is 0 Å². The number of piperazine rings is 1. The number of rotatable bonds is 7. The molecule has 1 aliphatic rings. The van der Waals surface area contributed by atoms with Gasteiger partial charge < -0.3 is 10.2 Å². The van der Waals surface area contributed by atoms with Gasteiger partial charge in [0.15, 0.2) is 5.82 Å². The molecule has 3 heterocycles. The molecule has 1 N–H and O–H groups in total.